The number of hydrogen-bond donors (Lipinski definition) is 1. The summed E-state index contributed by atoms with van der Waals surface area (Å²) in [6.45, 7) is 3.82. The van der Waals surface area contributed by atoms with Crippen molar-refractivity contribution < 1.29 is 9.59 Å². The van der Waals surface area contributed by atoms with Crippen LogP contribution in [0.2, 0.25) is 0 Å². The Morgan fingerprint density at radius 1 is 1.08 bits per heavy atom. The van der Waals surface area contributed by atoms with Gasteiger partial charge < -0.3 is 5.32 Å². The predicted molar refractivity (Wildman–Crippen MR) is 105 cm³/mol. The highest BCUT2D eigenvalue weighted by Crippen LogP contribution is 2.35. The molecule has 6 heteroatoms. The average molecular weight is 408 g/mol. The van der Waals surface area contributed by atoms with Gasteiger partial charge in [-0.05, 0) is 46.3 Å². The summed E-state index contributed by atoms with van der Waals surface area (Å²) in [5.41, 5.74) is 1.83. The quantitative estimate of drug-likeness (QED) is 0.509. The summed E-state index contributed by atoms with van der Waals surface area (Å²) in [4.78, 5) is 31.0. The summed E-state index contributed by atoms with van der Waals surface area (Å²) in [5.74, 6) is 0.0782. The second-order valence-corrected chi connectivity index (χ2v) is 6.80. The molecule has 0 radical (unpaired) electrons. The number of hydrogen-bond acceptors (Lipinski definition) is 4. The number of imide groups is 1. The van der Waals surface area contributed by atoms with E-state index in [9.17, 15) is 9.59 Å². The first-order chi connectivity index (χ1) is 12.6. The van der Waals surface area contributed by atoms with Gasteiger partial charge in [0.2, 0.25) is 0 Å². The summed E-state index contributed by atoms with van der Waals surface area (Å²) in [7, 11) is 0. The lowest BCUT2D eigenvalue weighted by Crippen LogP contribution is -2.40. The monoisotopic (exact) mass is 407 g/mol. The molecule has 26 heavy (non-hydrogen) atoms. The Hall–Kier alpha value is -2.99. The highest BCUT2D eigenvalue weighted by molar-refractivity contribution is 9.10. The van der Waals surface area contributed by atoms with Gasteiger partial charge >= 0.3 is 0 Å². The first-order valence-electron chi connectivity index (χ1n) is 8.01. The van der Waals surface area contributed by atoms with E-state index in [1.54, 1.807) is 24.4 Å². The number of pyridine rings is 1. The Morgan fingerprint density at radius 2 is 1.85 bits per heavy atom. The average Bonchev–Trinajstić information content (AvgIpc) is 2.66. The molecule has 1 aliphatic heterocycles. The molecule has 0 aliphatic carbocycles. The summed E-state index contributed by atoms with van der Waals surface area (Å²) in [5, 5.41) is 4.74. The Bertz CT molecular complexity index is 1040. The van der Waals surface area contributed by atoms with Gasteiger partial charge in [-0.3, -0.25) is 14.5 Å². The first kappa shape index (κ1) is 16.5. The number of rotatable bonds is 4. The van der Waals surface area contributed by atoms with Crippen molar-refractivity contribution in [1.29, 1.82) is 0 Å². The third-order valence-corrected chi connectivity index (χ3v) is 4.76. The molecule has 0 saturated heterocycles. The molecule has 0 spiro atoms. The fourth-order valence-electron chi connectivity index (χ4n) is 3.14. The normalized spacial score (nSPS) is 13.2. The molecule has 2 heterocycles. The molecule has 0 bridgehead atoms. The van der Waals surface area contributed by atoms with Gasteiger partial charge in [0.1, 0.15) is 5.82 Å². The Morgan fingerprint density at radius 3 is 2.54 bits per heavy atom. The minimum Gasteiger partial charge on any atom is -0.340 e. The fraction of sp³-hybridized carbons (Fsp3) is 0.0500. The van der Waals surface area contributed by atoms with Gasteiger partial charge in [-0.2, -0.15) is 0 Å². The number of anilines is 2. The fourth-order valence-corrected chi connectivity index (χ4v) is 3.37. The van der Waals surface area contributed by atoms with Gasteiger partial charge in [-0.15, -0.1) is 6.58 Å². The molecule has 0 unspecified atom stereocenters. The van der Waals surface area contributed by atoms with E-state index in [4.69, 9.17) is 0 Å². The van der Waals surface area contributed by atoms with Crippen molar-refractivity contribution in [3.05, 3.63) is 76.9 Å². The number of halogens is 1. The molecule has 5 nitrogen and oxygen atoms in total. The van der Waals surface area contributed by atoms with Crippen LogP contribution in [0.15, 0.2) is 65.8 Å². The molecule has 1 aromatic heterocycles. The molecule has 3 aromatic rings. The Kier molecular flexibility index (Phi) is 4.05. The minimum absolute atomic E-state index is 0.191. The summed E-state index contributed by atoms with van der Waals surface area (Å²) in [6.07, 6.45) is 3.25. The van der Waals surface area contributed by atoms with Crippen LogP contribution in [-0.2, 0) is 0 Å². The highest BCUT2D eigenvalue weighted by atomic mass is 79.9. The van der Waals surface area contributed by atoms with E-state index >= 15 is 0 Å². The van der Waals surface area contributed by atoms with Crippen LogP contribution in [0.5, 0.6) is 0 Å². The number of aromatic nitrogens is 1. The van der Waals surface area contributed by atoms with Crippen LogP contribution in [0.3, 0.4) is 0 Å². The van der Waals surface area contributed by atoms with E-state index in [1.807, 2.05) is 30.3 Å². The van der Waals surface area contributed by atoms with E-state index < -0.39 is 0 Å². The van der Waals surface area contributed by atoms with Crippen LogP contribution in [0.25, 0.3) is 10.8 Å². The van der Waals surface area contributed by atoms with Crippen LogP contribution in [-0.4, -0.2) is 28.2 Å². The molecule has 128 valence electrons. The Balaban J connectivity index is 1.86. The van der Waals surface area contributed by atoms with Gasteiger partial charge in [-0.25, -0.2) is 4.98 Å². The number of carbonyl (C=O) groups excluding carboxylic acids is 2. The number of carbonyl (C=O) groups is 2. The smallest absolute Gasteiger partial charge is 0.261 e. The number of nitrogens with zero attached hydrogens (tertiary/aromatic N) is 2. The zero-order valence-electron chi connectivity index (χ0n) is 13.7. The van der Waals surface area contributed by atoms with Crippen LogP contribution >= 0.6 is 15.9 Å². The minimum atomic E-state index is -0.299. The lowest BCUT2D eigenvalue weighted by molar-refractivity contribution is 0.0629. The van der Waals surface area contributed by atoms with Crippen LogP contribution < -0.4 is 5.32 Å². The van der Waals surface area contributed by atoms with Gasteiger partial charge in [0.25, 0.3) is 11.8 Å². The van der Waals surface area contributed by atoms with Gasteiger partial charge in [0, 0.05) is 44.8 Å². The molecule has 4 rings (SSSR count). The lowest BCUT2D eigenvalue weighted by atomic mass is 9.93. The maximum Gasteiger partial charge on any atom is 0.261 e. The van der Waals surface area contributed by atoms with E-state index in [1.165, 1.54) is 4.90 Å². The summed E-state index contributed by atoms with van der Waals surface area (Å²) in [6, 6.07) is 12.8. The van der Waals surface area contributed by atoms with E-state index in [-0.39, 0.29) is 18.4 Å². The molecule has 0 fully saturated rings. The predicted octanol–water partition coefficient (Wildman–Crippen LogP) is 4.52. The van der Waals surface area contributed by atoms with Crippen molar-refractivity contribution in [2.75, 3.05) is 11.9 Å². The summed E-state index contributed by atoms with van der Waals surface area (Å²) < 4.78 is 0.887. The molecule has 0 saturated carbocycles. The van der Waals surface area contributed by atoms with Crippen molar-refractivity contribution >= 4 is 50.0 Å². The molecular weight excluding hydrogens is 394 g/mol. The second-order valence-electron chi connectivity index (χ2n) is 5.89. The van der Waals surface area contributed by atoms with Gasteiger partial charge in [-0.1, -0.05) is 18.2 Å². The third-order valence-electron chi connectivity index (χ3n) is 4.29. The molecule has 2 aromatic carbocycles. The second kappa shape index (κ2) is 6.38. The van der Waals surface area contributed by atoms with Gasteiger partial charge in [0.05, 0.1) is 0 Å². The largest absolute Gasteiger partial charge is 0.340 e. The molecule has 0 atom stereocenters. The third kappa shape index (κ3) is 2.59. The Labute approximate surface area is 158 Å². The van der Waals surface area contributed by atoms with Crippen molar-refractivity contribution in [3.63, 3.8) is 0 Å². The van der Waals surface area contributed by atoms with Crippen molar-refractivity contribution in [3.8, 4) is 0 Å². The van der Waals surface area contributed by atoms with E-state index in [0.717, 1.165) is 15.5 Å². The SMILES string of the molecule is C=CCN1C(=O)c2cccc3c(Nc4ccc(Br)cn4)ccc(c23)C1=O. The van der Waals surface area contributed by atoms with Crippen LogP contribution in [0, 0.1) is 0 Å². The molecule has 1 aliphatic rings. The van der Waals surface area contributed by atoms with Crippen LogP contribution in [0.4, 0.5) is 11.5 Å². The first-order valence-corrected chi connectivity index (χ1v) is 8.81. The van der Waals surface area contributed by atoms with Crippen LogP contribution in [0.1, 0.15) is 20.7 Å². The lowest BCUT2D eigenvalue weighted by Gasteiger charge is -2.27. The topological polar surface area (TPSA) is 62.3 Å². The zero-order valence-corrected chi connectivity index (χ0v) is 15.3. The highest BCUT2D eigenvalue weighted by Gasteiger charge is 2.32. The number of benzene rings is 2. The molecular formula is C20H14BrN3O2. The van der Waals surface area contributed by atoms with E-state index in [2.05, 4.69) is 32.8 Å². The number of nitrogens with one attached hydrogen (secondary N) is 1. The maximum absolute atomic E-state index is 12.7. The number of amides is 2. The van der Waals surface area contributed by atoms with Crippen molar-refractivity contribution in [1.82, 2.24) is 9.88 Å². The molecule has 1 N–H and O–H groups in total. The van der Waals surface area contributed by atoms with E-state index in [0.29, 0.717) is 22.3 Å². The molecule has 2 amide bonds. The summed E-state index contributed by atoms with van der Waals surface area (Å²) >= 11 is 3.36. The van der Waals surface area contributed by atoms with Crippen molar-refractivity contribution in [2.24, 2.45) is 0 Å². The van der Waals surface area contributed by atoms with Crippen molar-refractivity contribution in [2.45, 2.75) is 0 Å². The van der Waals surface area contributed by atoms with Gasteiger partial charge in [0.15, 0.2) is 0 Å². The maximum atomic E-state index is 12.7. The zero-order chi connectivity index (χ0) is 18.3. The standard InChI is InChI=1S/C20H14BrN3O2/c1-2-10-24-19(25)14-5-3-4-13-16(8-7-15(18(13)14)20(24)26)23-17-9-6-12(21)11-22-17/h2-9,11H,1,10H2,(H,22,23).